The molecule has 2 heterocycles. The van der Waals surface area contributed by atoms with Crippen LogP contribution in [0.2, 0.25) is 0 Å². The Morgan fingerprint density at radius 2 is 2.15 bits per heavy atom. The van der Waals surface area contributed by atoms with Gasteiger partial charge in [0.05, 0.1) is 16.0 Å². The summed E-state index contributed by atoms with van der Waals surface area (Å²) >= 11 is 1.60. The van der Waals surface area contributed by atoms with Gasteiger partial charge in [-0.25, -0.2) is 0 Å². The van der Waals surface area contributed by atoms with E-state index in [1.165, 1.54) is 0 Å². The molecule has 0 aliphatic rings. The molecular formula is C10H8N2S. The summed E-state index contributed by atoms with van der Waals surface area (Å²) in [6, 6.07) is 4.22. The quantitative estimate of drug-likeness (QED) is 0.637. The van der Waals surface area contributed by atoms with Crippen molar-refractivity contribution >= 4 is 21.4 Å². The summed E-state index contributed by atoms with van der Waals surface area (Å²) in [6.45, 7) is 3.86. The third-order valence-electron chi connectivity index (χ3n) is 2.09. The molecule has 0 saturated carbocycles. The van der Waals surface area contributed by atoms with E-state index in [1.54, 1.807) is 11.3 Å². The minimum Gasteiger partial charge on any atom is -0.256 e. The van der Waals surface area contributed by atoms with Crippen LogP contribution < -0.4 is 0 Å². The molecule has 13 heavy (non-hydrogen) atoms. The zero-order chi connectivity index (χ0) is 9.42. The third kappa shape index (κ3) is 1.11. The number of fused-ring (bicyclic) bond motifs is 1. The summed E-state index contributed by atoms with van der Waals surface area (Å²) in [6.07, 6.45) is 0. The molecule has 0 atom stereocenters. The van der Waals surface area contributed by atoms with Gasteiger partial charge in [0.25, 0.3) is 0 Å². The van der Waals surface area contributed by atoms with Crippen LogP contribution in [-0.2, 0) is 0 Å². The van der Waals surface area contributed by atoms with Crippen molar-refractivity contribution in [1.82, 2.24) is 4.98 Å². The number of nitrogens with zero attached hydrogens (tertiary/aromatic N) is 2. The molecule has 0 aliphatic heterocycles. The molecule has 3 heteroatoms. The lowest BCUT2D eigenvalue weighted by Gasteiger charge is -2.00. The second kappa shape index (κ2) is 2.82. The van der Waals surface area contributed by atoms with Gasteiger partial charge in [0.1, 0.15) is 6.07 Å². The fraction of sp³-hybridized carbons (Fsp3) is 0.200. The van der Waals surface area contributed by atoms with Crippen molar-refractivity contribution in [3.63, 3.8) is 0 Å². The van der Waals surface area contributed by atoms with Crippen molar-refractivity contribution in [2.24, 2.45) is 0 Å². The molecule has 0 aliphatic carbocycles. The highest BCUT2D eigenvalue weighted by molar-refractivity contribution is 7.17. The molecule has 0 saturated heterocycles. The number of hydrogen-bond acceptors (Lipinski definition) is 3. The minimum absolute atomic E-state index is 0.718. The molecule has 2 nitrogen and oxygen atoms in total. The maximum absolute atomic E-state index is 8.94. The Morgan fingerprint density at radius 3 is 2.85 bits per heavy atom. The summed E-state index contributed by atoms with van der Waals surface area (Å²) in [5, 5.41) is 12.0. The number of nitriles is 1. The number of aryl methyl sites for hydroxylation is 2. The minimum atomic E-state index is 0.718. The van der Waals surface area contributed by atoms with Crippen molar-refractivity contribution in [2.45, 2.75) is 13.8 Å². The summed E-state index contributed by atoms with van der Waals surface area (Å²) < 4.78 is 1.06. The second-order valence-electron chi connectivity index (χ2n) is 2.93. The van der Waals surface area contributed by atoms with Crippen LogP contribution in [-0.4, -0.2) is 4.98 Å². The largest absolute Gasteiger partial charge is 0.256 e. The van der Waals surface area contributed by atoms with Gasteiger partial charge < -0.3 is 0 Å². The van der Waals surface area contributed by atoms with Gasteiger partial charge in [0.15, 0.2) is 0 Å². The van der Waals surface area contributed by atoms with Crippen LogP contribution in [0.25, 0.3) is 10.1 Å². The number of hydrogen-bond donors (Lipinski definition) is 0. The van der Waals surface area contributed by atoms with Crippen molar-refractivity contribution in [3.05, 3.63) is 28.4 Å². The van der Waals surface area contributed by atoms with E-state index in [0.717, 1.165) is 27.0 Å². The van der Waals surface area contributed by atoms with Gasteiger partial charge in [0, 0.05) is 11.1 Å². The molecule has 2 rings (SSSR count). The van der Waals surface area contributed by atoms with E-state index in [-0.39, 0.29) is 0 Å². The van der Waals surface area contributed by atoms with Crippen LogP contribution in [0.1, 0.15) is 17.0 Å². The molecule has 0 aromatic carbocycles. The van der Waals surface area contributed by atoms with Crippen molar-refractivity contribution < 1.29 is 0 Å². The van der Waals surface area contributed by atoms with Crippen molar-refractivity contribution in [3.8, 4) is 6.07 Å². The lowest BCUT2D eigenvalue weighted by atomic mass is 10.1. The summed E-state index contributed by atoms with van der Waals surface area (Å²) in [5.41, 5.74) is 2.55. The van der Waals surface area contributed by atoms with E-state index < -0.39 is 0 Å². The fourth-order valence-electron chi connectivity index (χ4n) is 1.45. The summed E-state index contributed by atoms with van der Waals surface area (Å²) in [7, 11) is 0. The predicted octanol–water partition coefficient (Wildman–Crippen LogP) is 2.78. The van der Waals surface area contributed by atoms with E-state index in [9.17, 15) is 0 Å². The highest BCUT2D eigenvalue weighted by Crippen LogP contribution is 2.27. The van der Waals surface area contributed by atoms with Gasteiger partial charge in [-0.15, -0.1) is 11.3 Å². The standard InChI is InChI=1S/C10H8N2S/c1-6-8-3-4-13-10(8)9(5-11)7(2)12-6/h3-4H,1-2H3. The maximum atomic E-state index is 8.94. The van der Waals surface area contributed by atoms with Crippen LogP contribution in [0.5, 0.6) is 0 Å². The molecular weight excluding hydrogens is 180 g/mol. The van der Waals surface area contributed by atoms with Crippen LogP contribution in [0.4, 0.5) is 0 Å². The van der Waals surface area contributed by atoms with Gasteiger partial charge in [-0.2, -0.15) is 5.26 Å². The summed E-state index contributed by atoms with van der Waals surface area (Å²) in [4.78, 5) is 4.33. The van der Waals surface area contributed by atoms with Crippen LogP contribution in [0.15, 0.2) is 11.4 Å². The first-order valence-electron chi connectivity index (χ1n) is 3.98. The molecule has 2 aromatic rings. The van der Waals surface area contributed by atoms with Gasteiger partial charge >= 0.3 is 0 Å². The molecule has 0 bridgehead atoms. The van der Waals surface area contributed by atoms with Crippen LogP contribution >= 0.6 is 11.3 Å². The highest BCUT2D eigenvalue weighted by atomic mass is 32.1. The Labute approximate surface area is 80.5 Å². The van der Waals surface area contributed by atoms with Crippen molar-refractivity contribution in [2.75, 3.05) is 0 Å². The van der Waals surface area contributed by atoms with E-state index in [4.69, 9.17) is 5.26 Å². The number of aromatic nitrogens is 1. The van der Waals surface area contributed by atoms with Crippen LogP contribution in [0, 0.1) is 25.2 Å². The topological polar surface area (TPSA) is 36.7 Å². The molecule has 0 N–H and O–H groups in total. The number of pyridine rings is 1. The maximum Gasteiger partial charge on any atom is 0.103 e. The Balaban J connectivity index is 2.99. The predicted molar refractivity (Wildman–Crippen MR) is 53.8 cm³/mol. The number of rotatable bonds is 0. The van der Waals surface area contributed by atoms with E-state index in [2.05, 4.69) is 11.1 Å². The van der Waals surface area contributed by atoms with E-state index in [1.807, 2.05) is 25.3 Å². The highest BCUT2D eigenvalue weighted by Gasteiger charge is 2.08. The van der Waals surface area contributed by atoms with Crippen molar-refractivity contribution in [1.29, 1.82) is 5.26 Å². The fourth-order valence-corrected chi connectivity index (χ4v) is 2.45. The monoisotopic (exact) mass is 188 g/mol. The molecule has 0 fully saturated rings. The Morgan fingerprint density at radius 1 is 1.38 bits per heavy atom. The lowest BCUT2D eigenvalue weighted by molar-refractivity contribution is 1.14. The zero-order valence-corrected chi connectivity index (χ0v) is 8.27. The molecule has 0 spiro atoms. The molecule has 0 unspecified atom stereocenters. The smallest absolute Gasteiger partial charge is 0.103 e. The first-order chi connectivity index (χ1) is 6.24. The zero-order valence-electron chi connectivity index (χ0n) is 7.46. The molecule has 0 amide bonds. The van der Waals surface area contributed by atoms with Crippen LogP contribution in [0.3, 0.4) is 0 Å². The molecule has 2 aromatic heterocycles. The molecule has 64 valence electrons. The SMILES string of the molecule is Cc1nc(C)c2ccsc2c1C#N. The average molecular weight is 188 g/mol. The first-order valence-corrected chi connectivity index (χ1v) is 4.86. The van der Waals surface area contributed by atoms with Gasteiger partial charge in [-0.1, -0.05) is 0 Å². The third-order valence-corrected chi connectivity index (χ3v) is 3.02. The Bertz CT molecular complexity index is 505. The van der Waals surface area contributed by atoms with Gasteiger partial charge in [-0.3, -0.25) is 4.98 Å². The normalized spacial score (nSPS) is 10.2. The average Bonchev–Trinajstić information content (AvgIpc) is 2.53. The van der Waals surface area contributed by atoms with E-state index in [0.29, 0.717) is 0 Å². The van der Waals surface area contributed by atoms with Gasteiger partial charge in [-0.05, 0) is 25.3 Å². The molecule has 0 radical (unpaired) electrons. The second-order valence-corrected chi connectivity index (χ2v) is 3.85. The Hall–Kier alpha value is -1.40. The van der Waals surface area contributed by atoms with E-state index >= 15 is 0 Å². The van der Waals surface area contributed by atoms with Gasteiger partial charge in [0.2, 0.25) is 0 Å². The first kappa shape index (κ1) is 8.21. The Kier molecular flexibility index (Phi) is 1.78. The lowest BCUT2D eigenvalue weighted by Crippen LogP contribution is -1.91. The summed E-state index contributed by atoms with van der Waals surface area (Å²) in [5.74, 6) is 0. The number of thiophene rings is 1.